The number of nitrogens with two attached hydrogens (primary N) is 1. The van der Waals surface area contributed by atoms with Gasteiger partial charge in [-0.3, -0.25) is 4.79 Å². The Morgan fingerprint density at radius 3 is 2.68 bits per heavy atom. The number of halogens is 1. The molecule has 0 saturated carbocycles. The minimum Gasteiger partial charge on any atom is -0.368 e. The number of rotatable bonds is 3. The van der Waals surface area contributed by atoms with Gasteiger partial charge < -0.3 is 11.1 Å². The van der Waals surface area contributed by atoms with Crippen molar-refractivity contribution >= 4 is 40.0 Å². The van der Waals surface area contributed by atoms with Gasteiger partial charge in [-0.1, -0.05) is 23.7 Å². The Bertz CT molecular complexity index is 1190. The van der Waals surface area contributed by atoms with Gasteiger partial charge in [0, 0.05) is 17.1 Å². The summed E-state index contributed by atoms with van der Waals surface area (Å²) in [4.78, 5) is 24.9. The summed E-state index contributed by atoms with van der Waals surface area (Å²) in [6, 6.07) is 14.8. The quantitative estimate of drug-likeness (QED) is 0.503. The van der Waals surface area contributed by atoms with Gasteiger partial charge in [0.1, 0.15) is 5.15 Å². The number of nitrogens with one attached hydrogen (secondary N) is 1. The van der Waals surface area contributed by atoms with E-state index < -0.39 is 0 Å². The Morgan fingerprint density at radius 1 is 1.04 bits per heavy atom. The molecule has 0 aliphatic rings. The summed E-state index contributed by atoms with van der Waals surface area (Å²) < 4.78 is 0. The number of benzene rings is 2. The lowest BCUT2D eigenvalue weighted by molar-refractivity contribution is 0.102. The van der Waals surface area contributed by atoms with Gasteiger partial charge in [0.15, 0.2) is 0 Å². The lowest BCUT2D eigenvalue weighted by Gasteiger charge is -2.11. The van der Waals surface area contributed by atoms with Crippen molar-refractivity contribution in [3.8, 4) is 11.1 Å². The van der Waals surface area contributed by atoms with Crippen LogP contribution < -0.4 is 11.1 Å². The van der Waals surface area contributed by atoms with Crippen LogP contribution in [0.1, 0.15) is 15.9 Å². The van der Waals surface area contributed by atoms with Crippen molar-refractivity contribution in [3.63, 3.8) is 0 Å². The topological polar surface area (TPSA) is 93.8 Å². The molecule has 3 N–H and O–H groups in total. The van der Waals surface area contributed by atoms with Crippen molar-refractivity contribution in [2.45, 2.75) is 6.92 Å². The van der Waals surface area contributed by atoms with Gasteiger partial charge in [-0.2, -0.15) is 0 Å². The molecule has 2 heterocycles. The van der Waals surface area contributed by atoms with Gasteiger partial charge in [0.2, 0.25) is 5.95 Å². The molecule has 0 spiro atoms. The van der Waals surface area contributed by atoms with E-state index in [1.807, 2.05) is 37.3 Å². The number of aromatic nitrogens is 3. The second-order valence-electron chi connectivity index (χ2n) is 6.36. The number of aryl methyl sites for hydroxylation is 1. The average Bonchev–Trinajstić information content (AvgIpc) is 2.69. The fraction of sp³-hybridized carbons (Fsp3) is 0.0476. The molecule has 1 amide bonds. The Morgan fingerprint density at radius 2 is 1.89 bits per heavy atom. The number of nitrogens with zero attached hydrogens (tertiary/aromatic N) is 3. The molecule has 138 valence electrons. The van der Waals surface area contributed by atoms with Crippen LogP contribution in [0.4, 0.5) is 11.6 Å². The smallest absolute Gasteiger partial charge is 0.255 e. The molecule has 28 heavy (non-hydrogen) atoms. The molecule has 0 atom stereocenters. The first kappa shape index (κ1) is 17.9. The molecule has 6 nitrogen and oxygen atoms in total. The molecule has 2 aromatic carbocycles. The standard InChI is InChI=1S/C21H16ClN5O/c1-12-2-3-14(20(28)26-16-5-7-19(22)24-11-16)9-17(12)13-4-6-18-15(8-13)10-25-21(23)27-18/h2-11H,1H3,(H,26,28)(H2,23,25,27). The highest BCUT2D eigenvalue weighted by Crippen LogP contribution is 2.28. The van der Waals surface area contributed by atoms with Crippen molar-refractivity contribution in [3.05, 3.63) is 77.2 Å². The van der Waals surface area contributed by atoms with Crippen LogP contribution in [0.5, 0.6) is 0 Å². The second kappa shape index (κ2) is 7.25. The SMILES string of the molecule is Cc1ccc(C(=O)Nc2ccc(Cl)nc2)cc1-c1ccc2nc(N)ncc2c1. The van der Waals surface area contributed by atoms with E-state index >= 15 is 0 Å². The number of pyridine rings is 1. The number of carbonyl (C=O) groups excluding carboxylic acids is 1. The first-order valence-electron chi connectivity index (χ1n) is 8.56. The molecule has 2 aromatic heterocycles. The van der Waals surface area contributed by atoms with Crippen molar-refractivity contribution in [1.29, 1.82) is 0 Å². The van der Waals surface area contributed by atoms with E-state index in [1.54, 1.807) is 24.4 Å². The van der Waals surface area contributed by atoms with Crippen LogP contribution in [0.15, 0.2) is 60.9 Å². The molecular formula is C21H16ClN5O. The maximum absolute atomic E-state index is 12.6. The van der Waals surface area contributed by atoms with E-state index in [0.717, 1.165) is 27.6 Å². The van der Waals surface area contributed by atoms with Gasteiger partial charge in [-0.05, 0) is 60.0 Å². The average molecular weight is 390 g/mol. The van der Waals surface area contributed by atoms with E-state index in [9.17, 15) is 4.79 Å². The largest absolute Gasteiger partial charge is 0.368 e. The second-order valence-corrected chi connectivity index (χ2v) is 6.74. The van der Waals surface area contributed by atoms with Crippen LogP contribution in [-0.4, -0.2) is 20.9 Å². The van der Waals surface area contributed by atoms with Crippen molar-refractivity contribution < 1.29 is 4.79 Å². The molecule has 0 saturated heterocycles. The Kier molecular flexibility index (Phi) is 4.63. The highest BCUT2D eigenvalue weighted by molar-refractivity contribution is 6.29. The molecular weight excluding hydrogens is 374 g/mol. The van der Waals surface area contributed by atoms with E-state index in [2.05, 4.69) is 20.3 Å². The minimum atomic E-state index is -0.220. The monoisotopic (exact) mass is 389 g/mol. The van der Waals surface area contributed by atoms with Gasteiger partial charge in [-0.25, -0.2) is 15.0 Å². The van der Waals surface area contributed by atoms with E-state index in [-0.39, 0.29) is 11.9 Å². The molecule has 7 heteroatoms. The third kappa shape index (κ3) is 3.63. The van der Waals surface area contributed by atoms with Crippen molar-refractivity contribution in [2.75, 3.05) is 11.1 Å². The summed E-state index contributed by atoms with van der Waals surface area (Å²) in [7, 11) is 0. The molecule has 0 aliphatic carbocycles. The zero-order valence-electron chi connectivity index (χ0n) is 15.0. The minimum absolute atomic E-state index is 0.220. The highest BCUT2D eigenvalue weighted by atomic mass is 35.5. The van der Waals surface area contributed by atoms with E-state index in [4.69, 9.17) is 17.3 Å². The predicted octanol–water partition coefficient (Wildman–Crippen LogP) is 4.49. The highest BCUT2D eigenvalue weighted by Gasteiger charge is 2.11. The fourth-order valence-corrected chi connectivity index (χ4v) is 3.05. The van der Waals surface area contributed by atoms with Gasteiger partial charge in [-0.15, -0.1) is 0 Å². The normalized spacial score (nSPS) is 10.8. The summed E-state index contributed by atoms with van der Waals surface area (Å²) in [5.41, 5.74) is 10.5. The number of amides is 1. The van der Waals surface area contributed by atoms with E-state index in [0.29, 0.717) is 16.4 Å². The predicted molar refractivity (Wildman–Crippen MR) is 111 cm³/mol. The zero-order valence-corrected chi connectivity index (χ0v) is 15.7. The summed E-state index contributed by atoms with van der Waals surface area (Å²) >= 11 is 5.78. The summed E-state index contributed by atoms with van der Waals surface area (Å²) in [5.74, 6) is 0.0223. The third-order valence-electron chi connectivity index (χ3n) is 4.39. The van der Waals surface area contributed by atoms with Crippen LogP contribution in [0, 0.1) is 6.92 Å². The molecule has 0 unspecified atom stereocenters. The molecule has 0 aliphatic heterocycles. The van der Waals surface area contributed by atoms with Gasteiger partial charge in [0.25, 0.3) is 5.91 Å². The third-order valence-corrected chi connectivity index (χ3v) is 4.62. The first-order valence-corrected chi connectivity index (χ1v) is 8.93. The lowest BCUT2D eigenvalue weighted by atomic mass is 9.97. The first-order chi connectivity index (χ1) is 13.5. The molecule has 4 rings (SSSR count). The number of hydrogen-bond acceptors (Lipinski definition) is 5. The lowest BCUT2D eigenvalue weighted by Crippen LogP contribution is -2.12. The van der Waals surface area contributed by atoms with Crippen molar-refractivity contribution in [1.82, 2.24) is 15.0 Å². The zero-order chi connectivity index (χ0) is 19.7. The molecule has 0 bridgehead atoms. The molecule has 4 aromatic rings. The van der Waals surface area contributed by atoms with Gasteiger partial charge in [0.05, 0.1) is 17.4 Å². The Hall–Kier alpha value is -3.51. The summed E-state index contributed by atoms with van der Waals surface area (Å²) in [6.07, 6.45) is 3.21. The van der Waals surface area contributed by atoms with Crippen LogP contribution in [-0.2, 0) is 0 Å². The number of carbonyl (C=O) groups is 1. The fourth-order valence-electron chi connectivity index (χ4n) is 2.94. The van der Waals surface area contributed by atoms with E-state index in [1.165, 1.54) is 6.20 Å². The van der Waals surface area contributed by atoms with Crippen LogP contribution in [0.25, 0.3) is 22.0 Å². The molecule has 0 fully saturated rings. The summed E-state index contributed by atoms with van der Waals surface area (Å²) in [6.45, 7) is 2.00. The number of hydrogen-bond donors (Lipinski definition) is 2. The van der Waals surface area contributed by atoms with Crippen molar-refractivity contribution in [2.24, 2.45) is 0 Å². The Labute approximate surface area is 166 Å². The maximum Gasteiger partial charge on any atom is 0.255 e. The van der Waals surface area contributed by atoms with Crippen LogP contribution >= 0.6 is 11.6 Å². The number of anilines is 2. The maximum atomic E-state index is 12.6. The summed E-state index contributed by atoms with van der Waals surface area (Å²) in [5, 5.41) is 4.08. The van der Waals surface area contributed by atoms with Crippen LogP contribution in [0.2, 0.25) is 5.15 Å². The molecule has 0 radical (unpaired) electrons. The van der Waals surface area contributed by atoms with Crippen LogP contribution in [0.3, 0.4) is 0 Å². The number of nitrogen functional groups attached to an aromatic ring is 1. The Balaban J connectivity index is 1.67. The van der Waals surface area contributed by atoms with Gasteiger partial charge >= 0.3 is 0 Å². The number of fused-ring (bicyclic) bond motifs is 1.